The first kappa shape index (κ1) is 11.4. The Hall–Kier alpha value is -0.570. The summed E-state index contributed by atoms with van der Waals surface area (Å²) in [5.74, 6) is -0.758. The molecule has 0 aromatic carbocycles. The molecule has 1 atom stereocenters. The average Bonchev–Trinajstić information content (AvgIpc) is 1.83. The van der Waals surface area contributed by atoms with Gasteiger partial charge in [0, 0.05) is 5.54 Å². The van der Waals surface area contributed by atoms with Gasteiger partial charge in [-0.2, -0.15) is 0 Å². The van der Waals surface area contributed by atoms with Gasteiger partial charge >= 0.3 is 5.97 Å². The zero-order valence-electron chi connectivity index (χ0n) is 8.35. The van der Waals surface area contributed by atoms with E-state index in [-0.39, 0.29) is 5.54 Å². The van der Waals surface area contributed by atoms with Gasteiger partial charge in [-0.05, 0) is 27.2 Å². The Morgan fingerprint density at radius 3 is 2.25 bits per heavy atom. The van der Waals surface area contributed by atoms with Crippen molar-refractivity contribution in [2.45, 2.75) is 52.1 Å². The molecule has 0 saturated carbocycles. The maximum Gasteiger partial charge on any atom is 0.320 e. The molecule has 0 bridgehead atoms. The van der Waals surface area contributed by atoms with Gasteiger partial charge in [0.05, 0.1) is 0 Å². The Bertz CT molecular complexity index is 149. The van der Waals surface area contributed by atoms with Gasteiger partial charge in [-0.15, -0.1) is 0 Å². The highest BCUT2D eigenvalue weighted by atomic mass is 16.4. The zero-order chi connectivity index (χ0) is 9.78. The molecule has 0 fully saturated rings. The van der Waals surface area contributed by atoms with Crippen molar-refractivity contribution in [1.29, 1.82) is 0 Å². The summed E-state index contributed by atoms with van der Waals surface area (Å²) in [6, 6.07) is -0.407. The molecule has 0 aromatic heterocycles. The molecule has 72 valence electrons. The maximum atomic E-state index is 10.7. The van der Waals surface area contributed by atoms with E-state index >= 15 is 0 Å². The highest BCUT2D eigenvalue weighted by Gasteiger charge is 2.21. The summed E-state index contributed by atoms with van der Waals surface area (Å²) in [6.45, 7) is 7.90. The Balaban J connectivity index is 4.05. The summed E-state index contributed by atoms with van der Waals surface area (Å²) >= 11 is 0. The van der Waals surface area contributed by atoms with Crippen molar-refractivity contribution in [3.8, 4) is 0 Å². The van der Waals surface area contributed by atoms with Crippen molar-refractivity contribution < 1.29 is 9.90 Å². The number of carboxylic acid groups (broad SMARTS) is 1. The molecule has 3 nitrogen and oxygen atoms in total. The van der Waals surface area contributed by atoms with Crippen LogP contribution < -0.4 is 5.32 Å². The Morgan fingerprint density at radius 2 is 2.00 bits per heavy atom. The second kappa shape index (κ2) is 4.45. The lowest BCUT2D eigenvalue weighted by molar-refractivity contribution is -0.140. The largest absolute Gasteiger partial charge is 0.480 e. The van der Waals surface area contributed by atoms with Gasteiger partial charge in [0.15, 0.2) is 0 Å². The van der Waals surface area contributed by atoms with Gasteiger partial charge in [-0.3, -0.25) is 10.1 Å². The third kappa shape index (κ3) is 5.13. The molecule has 12 heavy (non-hydrogen) atoms. The lowest BCUT2D eigenvalue weighted by atomic mass is 10.0. The third-order valence-corrected chi connectivity index (χ3v) is 1.48. The fourth-order valence-electron chi connectivity index (χ4n) is 1.07. The molecule has 0 saturated heterocycles. The van der Waals surface area contributed by atoms with Crippen LogP contribution in [-0.2, 0) is 4.79 Å². The molecule has 3 heteroatoms. The summed E-state index contributed by atoms with van der Waals surface area (Å²) in [5, 5.41) is 11.9. The van der Waals surface area contributed by atoms with Crippen molar-refractivity contribution in [3.05, 3.63) is 0 Å². The molecule has 0 heterocycles. The molecule has 0 aliphatic carbocycles. The fourth-order valence-corrected chi connectivity index (χ4v) is 1.07. The number of rotatable bonds is 4. The predicted molar refractivity (Wildman–Crippen MR) is 49.2 cm³/mol. The zero-order valence-corrected chi connectivity index (χ0v) is 8.35. The van der Waals surface area contributed by atoms with Crippen molar-refractivity contribution in [3.63, 3.8) is 0 Å². The first-order valence-corrected chi connectivity index (χ1v) is 4.37. The molecular weight excluding hydrogens is 154 g/mol. The predicted octanol–water partition coefficient (Wildman–Crippen LogP) is 1.63. The lowest BCUT2D eigenvalue weighted by Crippen LogP contribution is -2.47. The minimum absolute atomic E-state index is 0.127. The van der Waals surface area contributed by atoms with Gasteiger partial charge in [0.2, 0.25) is 0 Å². The molecule has 0 aliphatic rings. The minimum Gasteiger partial charge on any atom is -0.480 e. The van der Waals surface area contributed by atoms with Crippen LogP contribution in [0.2, 0.25) is 0 Å². The average molecular weight is 173 g/mol. The second-order valence-corrected chi connectivity index (χ2v) is 4.07. The SMILES string of the molecule is CCC[C@H](NC(C)(C)C)C(=O)O. The van der Waals surface area contributed by atoms with E-state index in [2.05, 4.69) is 5.32 Å². The molecule has 0 aliphatic heterocycles. The van der Waals surface area contributed by atoms with Crippen LogP contribution in [-0.4, -0.2) is 22.7 Å². The number of hydrogen-bond donors (Lipinski definition) is 2. The van der Waals surface area contributed by atoms with E-state index < -0.39 is 12.0 Å². The minimum atomic E-state index is -0.758. The van der Waals surface area contributed by atoms with E-state index in [1.165, 1.54) is 0 Å². The highest BCUT2D eigenvalue weighted by Crippen LogP contribution is 2.05. The molecule has 0 rings (SSSR count). The summed E-state index contributed by atoms with van der Waals surface area (Å²) in [4.78, 5) is 10.7. The third-order valence-electron chi connectivity index (χ3n) is 1.48. The van der Waals surface area contributed by atoms with E-state index in [0.29, 0.717) is 6.42 Å². The molecule has 0 radical (unpaired) electrons. The van der Waals surface area contributed by atoms with E-state index in [1.807, 2.05) is 27.7 Å². The number of aliphatic carboxylic acids is 1. The molecule has 0 amide bonds. The van der Waals surface area contributed by atoms with Crippen molar-refractivity contribution in [2.75, 3.05) is 0 Å². The van der Waals surface area contributed by atoms with Gasteiger partial charge in [-0.25, -0.2) is 0 Å². The highest BCUT2D eigenvalue weighted by molar-refractivity contribution is 5.73. The Kier molecular flexibility index (Phi) is 4.24. The van der Waals surface area contributed by atoms with Crippen molar-refractivity contribution in [2.24, 2.45) is 0 Å². The number of carbonyl (C=O) groups is 1. The van der Waals surface area contributed by atoms with E-state index in [9.17, 15) is 4.79 Å². The smallest absolute Gasteiger partial charge is 0.320 e. The lowest BCUT2D eigenvalue weighted by Gasteiger charge is -2.25. The van der Waals surface area contributed by atoms with Crippen LogP contribution in [0.4, 0.5) is 0 Å². The Morgan fingerprint density at radius 1 is 1.50 bits per heavy atom. The van der Waals surface area contributed by atoms with Crippen molar-refractivity contribution in [1.82, 2.24) is 5.32 Å². The second-order valence-electron chi connectivity index (χ2n) is 4.07. The van der Waals surface area contributed by atoms with Gasteiger partial charge in [0.1, 0.15) is 6.04 Å². The van der Waals surface area contributed by atoms with Crippen molar-refractivity contribution >= 4 is 5.97 Å². The summed E-state index contributed by atoms with van der Waals surface area (Å²) in [6.07, 6.45) is 1.58. The number of carboxylic acids is 1. The normalized spacial score (nSPS) is 14.3. The summed E-state index contributed by atoms with van der Waals surface area (Å²) in [5.41, 5.74) is -0.127. The maximum absolute atomic E-state index is 10.7. The summed E-state index contributed by atoms with van der Waals surface area (Å²) in [7, 11) is 0. The van der Waals surface area contributed by atoms with E-state index in [1.54, 1.807) is 0 Å². The monoisotopic (exact) mass is 173 g/mol. The van der Waals surface area contributed by atoms with Crippen LogP contribution in [0.1, 0.15) is 40.5 Å². The van der Waals surface area contributed by atoms with E-state index in [4.69, 9.17) is 5.11 Å². The first-order valence-electron chi connectivity index (χ1n) is 4.37. The number of nitrogens with one attached hydrogen (secondary N) is 1. The van der Waals surface area contributed by atoms with Gasteiger partial charge in [-0.1, -0.05) is 13.3 Å². The molecule has 2 N–H and O–H groups in total. The first-order chi connectivity index (χ1) is 5.37. The van der Waals surface area contributed by atoms with Crippen LogP contribution in [0, 0.1) is 0 Å². The van der Waals surface area contributed by atoms with Gasteiger partial charge < -0.3 is 5.11 Å². The molecule has 0 aromatic rings. The van der Waals surface area contributed by atoms with Crippen LogP contribution in [0.5, 0.6) is 0 Å². The van der Waals surface area contributed by atoms with E-state index in [0.717, 1.165) is 6.42 Å². The molecule has 0 spiro atoms. The van der Waals surface area contributed by atoms with Gasteiger partial charge in [0.25, 0.3) is 0 Å². The fraction of sp³-hybridized carbons (Fsp3) is 0.889. The van der Waals surface area contributed by atoms with Crippen LogP contribution in [0.15, 0.2) is 0 Å². The Labute approximate surface area is 74.2 Å². The van der Waals surface area contributed by atoms with Crippen LogP contribution >= 0.6 is 0 Å². The molecule has 0 unspecified atom stereocenters. The quantitative estimate of drug-likeness (QED) is 0.679. The molecular formula is C9H19NO2. The standard InChI is InChI=1S/C9H19NO2/c1-5-6-7(8(11)12)10-9(2,3)4/h7,10H,5-6H2,1-4H3,(H,11,12)/t7-/m0/s1. The van der Waals surface area contributed by atoms with Crippen LogP contribution in [0.3, 0.4) is 0 Å². The summed E-state index contributed by atoms with van der Waals surface area (Å²) < 4.78 is 0. The topological polar surface area (TPSA) is 49.3 Å². The number of hydrogen-bond acceptors (Lipinski definition) is 2. The van der Waals surface area contributed by atoms with Crippen LogP contribution in [0.25, 0.3) is 0 Å².